The summed E-state index contributed by atoms with van der Waals surface area (Å²) in [5.41, 5.74) is 1.26. The molecule has 14 nitrogen and oxygen atoms in total. The maximum atomic E-state index is 13.2. The molecule has 1 aliphatic heterocycles. The van der Waals surface area contributed by atoms with Crippen molar-refractivity contribution in [3.63, 3.8) is 0 Å². The van der Waals surface area contributed by atoms with Crippen LogP contribution >= 0.6 is 8.53 Å². The van der Waals surface area contributed by atoms with Crippen LogP contribution in [0, 0.1) is 18.3 Å². The monoisotopic (exact) mass is 818 g/mol. The molecule has 1 N–H and O–H groups in total. The lowest BCUT2D eigenvalue weighted by Gasteiger charge is -2.39. The Morgan fingerprint density at radius 3 is 1.90 bits per heavy atom. The summed E-state index contributed by atoms with van der Waals surface area (Å²) in [5, 5.41) is 9.35. The molecular weight excluding hydrogens is 763 g/mol. The molecule has 1 aromatic heterocycles. The average molecular weight is 819 g/mol. The summed E-state index contributed by atoms with van der Waals surface area (Å²) < 4.78 is 53.0. The molecule has 0 bridgehead atoms. The van der Waals surface area contributed by atoms with Crippen LogP contribution in [0.1, 0.15) is 80.9 Å². The van der Waals surface area contributed by atoms with Gasteiger partial charge in [-0.15, -0.1) is 0 Å². The quantitative estimate of drug-likeness (QED) is 0.0418. The SMILES string of the molecule is COc1ccc(C(OCC2OC(n3cc(C)c(=O)[nH]c3=O)CC2OP(OCCC#N)N(C(C)C)C(C)C)(c2ccc(OC)cc2)c2ccc(C(OC)OC)cc2)cc1. The van der Waals surface area contributed by atoms with Gasteiger partial charge in [-0.2, -0.15) is 5.26 Å². The first-order valence-corrected chi connectivity index (χ1v) is 20.3. The van der Waals surface area contributed by atoms with Gasteiger partial charge in [0.05, 0.1) is 46.0 Å². The third-order valence-corrected chi connectivity index (χ3v) is 12.2. The summed E-state index contributed by atoms with van der Waals surface area (Å²) in [6.07, 6.45) is -0.832. The fourth-order valence-electron chi connectivity index (χ4n) is 7.19. The van der Waals surface area contributed by atoms with Crippen LogP contribution < -0.4 is 20.7 Å². The van der Waals surface area contributed by atoms with Gasteiger partial charge in [0.1, 0.15) is 29.4 Å². The van der Waals surface area contributed by atoms with E-state index in [1.54, 1.807) is 35.4 Å². The van der Waals surface area contributed by atoms with E-state index >= 15 is 0 Å². The van der Waals surface area contributed by atoms with Crippen molar-refractivity contribution in [3.8, 4) is 17.6 Å². The van der Waals surface area contributed by atoms with E-state index in [0.717, 1.165) is 22.3 Å². The first kappa shape index (κ1) is 44.7. The zero-order chi connectivity index (χ0) is 42.0. The number of aromatic nitrogens is 2. The molecule has 58 heavy (non-hydrogen) atoms. The number of hydrogen-bond donors (Lipinski definition) is 1. The first-order chi connectivity index (χ1) is 27.9. The van der Waals surface area contributed by atoms with Gasteiger partial charge in [0, 0.05) is 50.0 Å². The van der Waals surface area contributed by atoms with Gasteiger partial charge in [0.25, 0.3) is 14.1 Å². The number of benzene rings is 3. The Morgan fingerprint density at radius 2 is 1.41 bits per heavy atom. The highest BCUT2D eigenvalue weighted by molar-refractivity contribution is 7.44. The van der Waals surface area contributed by atoms with Crippen LogP contribution in [0.25, 0.3) is 0 Å². The van der Waals surface area contributed by atoms with Crippen molar-refractivity contribution in [2.75, 3.05) is 41.7 Å². The zero-order valence-electron chi connectivity index (χ0n) is 34.7. The third kappa shape index (κ3) is 10.1. The number of hydrogen-bond acceptors (Lipinski definition) is 12. The van der Waals surface area contributed by atoms with E-state index in [1.807, 2.05) is 72.8 Å². The van der Waals surface area contributed by atoms with Gasteiger partial charge in [-0.05, 0) is 75.6 Å². The van der Waals surface area contributed by atoms with E-state index in [-0.39, 0.29) is 38.1 Å². The topological polar surface area (TPSA) is 156 Å². The van der Waals surface area contributed by atoms with E-state index < -0.39 is 50.1 Å². The fraction of sp³-hybridized carbons (Fsp3) is 0.465. The Bertz CT molecular complexity index is 2010. The normalized spacial score (nSPS) is 17.6. The van der Waals surface area contributed by atoms with Crippen molar-refractivity contribution in [3.05, 3.63) is 128 Å². The molecular formula is C43H55N4O10P. The number of aryl methyl sites for hydroxylation is 1. The molecule has 15 heteroatoms. The summed E-state index contributed by atoms with van der Waals surface area (Å²) in [4.78, 5) is 28.0. The van der Waals surface area contributed by atoms with Crippen LogP contribution in [-0.4, -0.2) is 80.2 Å². The molecule has 4 aromatic rings. The number of nitrogens with one attached hydrogen (secondary N) is 1. The number of rotatable bonds is 20. The minimum Gasteiger partial charge on any atom is -0.497 e. The summed E-state index contributed by atoms with van der Waals surface area (Å²) in [7, 11) is 4.70. The van der Waals surface area contributed by atoms with Gasteiger partial charge in [-0.3, -0.25) is 14.3 Å². The van der Waals surface area contributed by atoms with Crippen LogP contribution in [-0.2, 0) is 33.6 Å². The summed E-state index contributed by atoms with van der Waals surface area (Å²) in [5.74, 6) is 1.35. The van der Waals surface area contributed by atoms with Crippen molar-refractivity contribution in [2.45, 2.75) is 89.9 Å². The Morgan fingerprint density at radius 1 is 0.879 bits per heavy atom. The molecule has 1 fully saturated rings. The van der Waals surface area contributed by atoms with E-state index in [4.69, 9.17) is 37.5 Å². The smallest absolute Gasteiger partial charge is 0.330 e. The molecule has 0 amide bonds. The predicted molar refractivity (Wildman–Crippen MR) is 220 cm³/mol. The molecule has 3 aromatic carbocycles. The number of aromatic amines is 1. The highest BCUT2D eigenvalue weighted by Crippen LogP contribution is 2.51. The predicted octanol–water partition coefficient (Wildman–Crippen LogP) is 7.11. The number of H-pyrrole nitrogens is 1. The molecule has 0 spiro atoms. The molecule has 1 aliphatic rings. The van der Waals surface area contributed by atoms with Crippen molar-refractivity contribution < 1.29 is 37.5 Å². The molecule has 4 atom stereocenters. The molecule has 2 heterocycles. The number of ether oxygens (including phenoxy) is 6. The number of nitrogens with zero attached hydrogens (tertiary/aromatic N) is 3. The molecule has 0 radical (unpaired) electrons. The maximum absolute atomic E-state index is 13.2. The van der Waals surface area contributed by atoms with E-state index in [9.17, 15) is 14.9 Å². The van der Waals surface area contributed by atoms with E-state index in [1.165, 1.54) is 10.8 Å². The lowest BCUT2D eigenvalue weighted by Crippen LogP contribution is -2.39. The molecule has 5 rings (SSSR count). The maximum Gasteiger partial charge on any atom is 0.330 e. The molecule has 0 aliphatic carbocycles. The molecule has 1 saturated heterocycles. The van der Waals surface area contributed by atoms with Gasteiger partial charge in [0.15, 0.2) is 6.29 Å². The Balaban J connectivity index is 1.65. The van der Waals surface area contributed by atoms with Crippen molar-refractivity contribution in [2.24, 2.45) is 0 Å². The second kappa shape index (κ2) is 20.5. The van der Waals surface area contributed by atoms with Crippen LogP contribution in [0.2, 0.25) is 0 Å². The Hall–Kier alpha value is -4.42. The average Bonchev–Trinajstić information content (AvgIpc) is 3.62. The number of nitriles is 1. The van der Waals surface area contributed by atoms with E-state index in [0.29, 0.717) is 17.1 Å². The second-order valence-corrected chi connectivity index (χ2v) is 15.8. The lowest BCUT2D eigenvalue weighted by atomic mass is 9.79. The minimum absolute atomic E-state index is 0.0123. The van der Waals surface area contributed by atoms with Gasteiger partial charge >= 0.3 is 5.69 Å². The second-order valence-electron chi connectivity index (χ2n) is 14.4. The summed E-state index contributed by atoms with van der Waals surface area (Å²) >= 11 is 0. The minimum atomic E-state index is -1.70. The molecule has 0 saturated carbocycles. The lowest BCUT2D eigenvalue weighted by molar-refractivity contribution is -0.106. The van der Waals surface area contributed by atoms with Crippen molar-refractivity contribution in [1.82, 2.24) is 14.2 Å². The van der Waals surface area contributed by atoms with E-state index in [2.05, 4.69) is 43.4 Å². The first-order valence-electron chi connectivity index (χ1n) is 19.2. The fourth-order valence-corrected chi connectivity index (χ4v) is 8.95. The van der Waals surface area contributed by atoms with Crippen molar-refractivity contribution >= 4 is 8.53 Å². The van der Waals surface area contributed by atoms with Crippen LogP contribution in [0.4, 0.5) is 0 Å². The standard InChI is InChI=1S/C43H55N4O10P/c1-28(2)47(29(3)4)58(55-24-10-23-44)57-37-25-39(46-26-30(5)40(48)45-42(46)49)56-38(37)27-54-43(33-15-19-35(50-6)20-16-33,34-17-21-36(51-7)22-18-34)32-13-11-31(12-14-32)41(52-8)53-9/h11-22,26,28-29,37-39,41H,10,24-25,27H2,1-9H3,(H,45,48,49). The third-order valence-electron chi connectivity index (χ3n) is 10.00. The van der Waals surface area contributed by atoms with Crippen molar-refractivity contribution in [1.29, 1.82) is 5.26 Å². The zero-order valence-corrected chi connectivity index (χ0v) is 35.6. The van der Waals surface area contributed by atoms with Gasteiger partial charge in [-0.1, -0.05) is 48.5 Å². The van der Waals surface area contributed by atoms with Gasteiger partial charge in [-0.25, -0.2) is 9.46 Å². The highest BCUT2D eigenvalue weighted by Gasteiger charge is 2.45. The van der Waals surface area contributed by atoms with Gasteiger partial charge in [0.2, 0.25) is 0 Å². The summed E-state index contributed by atoms with van der Waals surface area (Å²) in [6.45, 7) is 10.1. The number of methoxy groups -OCH3 is 4. The molecule has 4 unspecified atom stereocenters. The Labute approximate surface area is 341 Å². The van der Waals surface area contributed by atoms with Crippen LogP contribution in [0.5, 0.6) is 11.5 Å². The largest absolute Gasteiger partial charge is 0.497 e. The van der Waals surface area contributed by atoms with Crippen LogP contribution in [0.15, 0.2) is 88.6 Å². The Kier molecular flexibility index (Phi) is 15.8. The van der Waals surface area contributed by atoms with Gasteiger partial charge < -0.3 is 37.5 Å². The highest BCUT2D eigenvalue weighted by atomic mass is 31.2. The van der Waals surface area contributed by atoms with Crippen LogP contribution in [0.3, 0.4) is 0 Å². The molecule has 312 valence electrons. The summed E-state index contributed by atoms with van der Waals surface area (Å²) in [6, 6.07) is 25.5.